The van der Waals surface area contributed by atoms with Crippen molar-refractivity contribution in [3.8, 4) is 0 Å². The van der Waals surface area contributed by atoms with E-state index in [2.05, 4.69) is 13.3 Å². The molecule has 0 radical (unpaired) electrons. The smallest absolute Gasteiger partial charge is 0.377 e. The lowest BCUT2D eigenvalue weighted by atomic mass is 10.8. The number of allylic oxidation sites excluding steroid dienone is 1. The molecule has 0 aromatic rings. The van der Waals surface area contributed by atoms with Gasteiger partial charge in [0, 0.05) is 29.9 Å². The van der Waals surface area contributed by atoms with Crippen LogP contribution in [0.1, 0.15) is 17.8 Å². The molecule has 0 spiro atoms. The molecule has 0 aliphatic carbocycles. The summed E-state index contributed by atoms with van der Waals surface area (Å²) in [7, 11) is -16.2. The summed E-state index contributed by atoms with van der Waals surface area (Å²) in [5.41, 5.74) is 0. The standard InChI is InChI=1S/C6H14O3Si/c1-5-6-10(7-2,8-3)9-4/h5H,1,6H2,2-4H3/i1D,2D3,3D3,4D3,5D,6D2. The lowest BCUT2D eigenvalue weighted by molar-refractivity contribution is 0.127. The van der Waals surface area contributed by atoms with E-state index in [1.54, 1.807) is 0 Å². The fourth-order valence-electron chi connectivity index (χ4n) is 0.227. The van der Waals surface area contributed by atoms with E-state index in [4.69, 9.17) is 17.8 Å². The lowest BCUT2D eigenvalue weighted by Gasteiger charge is -2.22. The maximum absolute atomic E-state index is 7.71. The third-order valence-electron chi connectivity index (χ3n) is 0.628. The SMILES string of the molecule is [2H]C=C([2H])C([2H])([2H])[Si](OC([2H])([2H])[2H])(OC([2H])([2H])[2H])OC([2H])([2H])[2H]. The lowest BCUT2D eigenvalue weighted by Crippen LogP contribution is -2.41. The molecule has 0 aromatic heterocycles. The Labute approximate surface area is 81.2 Å². The van der Waals surface area contributed by atoms with Crippen molar-refractivity contribution in [3.63, 3.8) is 0 Å². The van der Waals surface area contributed by atoms with Crippen molar-refractivity contribution >= 4 is 8.80 Å². The molecule has 0 saturated carbocycles. The average Bonchev–Trinajstić information content (AvgIpc) is 2.19. The van der Waals surface area contributed by atoms with Crippen LogP contribution in [0, 0.1) is 0 Å². The fourth-order valence-corrected chi connectivity index (χ4v) is 0.682. The van der Waals surface area contributed by atoms with Gasteiger partial charge in [-0.2, -0.15) is 0 Å². The third-order valence-corrected chi connectivity index (χ3v) is 1.89. The first-order valence-corrected chi connectivity index (χ1v) is 3.74. The number of hydrogen-bond donors (Lipinski definition) is 0. The molecule has 3 nitrogen and oxygen atoms in total. The molecule has 10 heavy (non-hydrogen) atoms. The largest absolute Gasteiger partial charge is 0.504 e. The number of hydrogen-bond acceptors (Lipinski definition) is 3. The van der Waals surface area contributed by atoms with Crippen LogP contribution in [0.5, 0.6) is 0 Å². The van der Waals surface area contributed by atoms with Crippen LogP contribution in [0.4, 0.5) is 0 Å². The predicted molar refractivity (Wildman–Crippen MR) is 41.8 cm³/mol. The highest BCUT2D eigenvalue weighted by Gasteiger charge is 2.35. The molecule has 0 aromatic carbocycles. The third kappa shape index (κ3) is 2.22. The van der Waals surface area contributed by atoms with E-state index in [-0.39, 0.29) is 6.55 Å². The summed E-state index contributed by atoms with van der Waals surface area (Å²) < 4.78 is 106. The predicted octanol–water partition coefficient (Wildman–Crippen LogP) is 1.05. The monoisotopic (exact) mass is 175 g/mol. The topological polar surface area (TPSA) is 27.7 Å². The first-order chi connectivity index (χ1) is 9.85. The van der Waals surface area contributed by atoms with Crippen LogP contribution in [0.3, 0.4) is 0 Å². The Morgan fingerprint density at radius 2 is 2.30 bits per heavy atom. The average molecular weight is 175 g/mol. The molecule has 0 aliphatic heterocycles. The molecule has 0 unspecified atom stereocenters. The van der Waals surface area contributed by atoms with E-state index >= 15 is 0 Å². The van der Waals surface area contributed by atoms with Gasteiger partial charge in [-0.15, -0.1) is 6.55 Å². The first kappa shape index (κ1) is 1.61. The van der Waals surface area contributed by atoms with Gasteiger partial charge in [-0.05, 0) is 0 Å². The molecule has 0 atom stereocenters. The van der Waals surface area contributed by atoms with Gasteiger partial charge in [0.15, 0.2) is 0 Å². The van der Waals surface area contributed by atoms with Gasteiger partial charge < -0.3 is 13.3 Å². The second kappa shape index (κ2) is 4.62. The van der Waals surface area contributed by atoms with Crippen molar-refractivity contribution in [3.05, 3.63) is 12.6 Å². The molecule has 0 saturated heterocycles. The van der Waals surface area contributed by atoms with Crippen LogP contribution >= 0.6 is 0 Å². The second-order valence-electron chi connectivity index (χ2n) is 1.13. The van der Waals surface area contributed by atoms with Crippen LogP contribution in [0.2, 0.25) is 6.00 Å². The first-order valence-electron chi connectivity index (χ1n) is 8.59. The van der Waals surface area contributed by atoms with Crippen molar-refractivity contribution < 1.29 is 31.1 Å². The van der Waals surface area contributed by atoms with E-state index in [0.29, 0.717) is 0 Å². The molecule has 0 fully saturated rings. The highest BCUT2D eigenvalue weighted by molar-refractivity contribution is 6.61. The fraction of sp³-hybridized carbons (Fsp3) is 0.667. The van der Waals surface area contributed by atoms with Gasteiger partial charge in [0.05, 0.1) is 15.1 Å². The molecule has 0 aliphatic rings. The Kier molecular flexibility index (Phi) is 0.744. The van der Waals surface area contributed by atoms with Crippen LogP contribution in [-0.4, -0.2) is 29.9 Å². The van der Waals surface area contributed by atoms with Crippen LogP contribution in [0.15, 0.2) is 12.6 Å². The maximum atomic E-state index is 7.71. The van der Waals surface area contributed by atoms with Gasteiger partial charge in [-0.25, -0.2) is 0 Å². The quantitative estimate of drug-likeness (QED) is 0.462. The van der Waals surface area contributed by atoms with Crippen LogP contribution in [-0.2, 0) is 13.3 Å². The van der Waals surface area contributed by atoms with Crippen molar-refractivity contribution in [2.24, 2.45) is 0 Å². The normalized spacial score (nSPS) is 38.0. The summed E-state index contributed by atoms with van der Waals surface area (Å²) in [5, 5.41) is 0. The minimum atomic E-state index is -5.74. The van der Waals surface area contributed by atoms with E-state index in [1.165, 1.54) is 0 Å². The van der Waals surface area contributed by atoms with Crippen LogP contribution < -0.4 is 0 Å². The summed E-state index contributed by atoms with van der Waals surface area (Å²) in [6.45, 7) is 0.121. The van der Waals surface area contributed by atoms with Crippen molar-refractivity contribution in [1.82, 2.24) is 0 Å². The zero-order valence-corrected chi connectivity index (χ0v) is 5.80. The second-order valence-corrected chi connectivity index (χ2v) is 3.11. The van der Waals surface area contributed by atoms with Gasteiger partial charge in [0.25, 0.3) is 0 Å². The molecular weight excluding hydrogens is 148 g/mol. The summed E-state index contributed by atoms with van der Waals surface area (Å²) in [6.07, 6.45) is 0. The molecule has 0 heterocycles. The Morgan fingerprint density at radius 3 is 2.70 bits per heavy atom. The molecule has 0 rings (SSSR count). The Morgan fingerprint density at radius 1 is 1.70 bits per heavy atom. The van der Waals surface area contributed by atoms with E-state index in [9.17, 15) is 0 Å². The zero-order chi connectivity index (χ0) is 18.9. The van der Waals surface area contributed by atoms with Gasteiger partial charge in [-0.1, -0.05) is 6.05 Å². The minimum absolute atomic E-state index is 0.121. The van der Waals surface area contributed by atoms with Crippen molar-refractivity contribution in [2.75, 3.05) is 21.1 Å². The molecule has 60 valence electrons. The van der Waals surface area contributed by atoms with E-state index < -0.39 is 42.0 Å². The number of rotatable bonds is 5. The molecular formula is C6H14O3Si. The molecule has 4 heteroatoms. The Balaban J connectivity index is 6.35. The molecule has 0 amide bonds. The minimum Gasteiger partial charge on any atom is -0.377 e. The summed E-state index contributed by atoms with van der Waals surface area (Å²) in [6, 6.07) is -1.28. The Bertz CT molecular complexity index is 394. The summed E-state index contributed by atoms with van der Waals surface area (Å²) >= 11 is 0. The zero-order valence-electron chi connectivity index (χ0n) is 17.8. The van der Waals surface area contributed by atoms with E-state index in [1.807, 2.05) is 0 Å². The summed E-state index contributed by atoms with van der Waals surface area (Å²) in [4.78, 5) is 0. The van der Waals surface area contributed by atoms with Gasteiger partial charge in [0.1, 0.15) is 0 Å². The van der Waals surface area contributed by atoms with Gasteiger partial charge in [-0.3, -0.25) is 0 Å². The van der Waals surface area contributed by atoms with E-state index in [0.717, 1.165) is 0 Å². The van der Waals surface area contributed by atoms with Crippen LogP contribution in [0.25, 0.3) is 0 Å². The Hall–Kier alpha value is -0.163. The van der Waals surface area contributed by atoms with Gasteiger partial charge in [0.2, 0.25) is 0 Å². The highest BCUT2D eigenvalue weighted by Crippen LogP contribution is 2.11. The molecule has 0 bridgehead atoms. The maximum Gasteiger partial charge on any atom is 0.504 e. The van der Waals surface area contributed by atoms with Gasteiger partial charge >= 0.3 is 8.80 Å². The highest BCUT2D eigenvalue weighted by atomic mass is 28.4. The summed E-state index contributed by atoms with van der Waals surface area (Å²) in [5.74, 6) is -3.42. The van der Waals surface area contributed by atoms with Crippen molar-refractivity contribution in [1.29, 1.82) is 0 Å². The van der Waals surface area contributed by atoms with Crippen molar-refractivity contribution in [2.45, 2.75) is 6.00 Å². The molecule has 0 N–H and O–H groups in total.